The van der Waals surface area contributed by atoms with E-state index in [1.807, 2.05) is 11.3 Å². The lowest BCUT2D eigenvalue weighted by Gasteiger charge is -2.26. The molecule has 0 bridgehead atoms. The quantitative estimate of drug-likeness (QED) is 0.148. The van der Waals surface area contributed by atoms with E-state index in [1.165, 1.54) is 86.6 Å². The van der Waals surface area contributed by atoms with E-state index < -0.39 is 0 Å². The van der Waals surface area contributed by atoms with Crippen molar-refractivity contribution in [3.8, 4) is 55.6 Å². The minimum absolute atomic E-state index is 1.10. The summed E-state index contributed by atoms with van der Waals surface area (Å²) in [5.74, 6) is 0. The van der Waals surface area contributed by atoms with E-state index in [1.54, 1.807) is 0 Å². The van der Waals surface area contributed by atoms with E-state index >= 15 is 0 Å². The summed E-state index contributed by atoms with van der Waals surface area (Å²) in [6.45, 7) is 0. The van der Waals surface area contributed by atoms with Crippen LogP contribution in [0.4, 0.5) is 17.1 Å². The van der Waals surface area contributed by atoms with Gasteiger partial charge >= 0.3 is 0 Å². The first-order chi connectivity index (χ1) is 29.7. The van der Waals surface area contributed by atoms with Crippen LogP contribution < -0.4 is 4.90 Å². The smallest absolute Gasteiger partial charge is 0.0467 e. The van der Waals surface area contributed by atoms with Crippen LogP contribution in [0.25, 0.3) is 86.6 Å². The third-order valence-electron chi connectivity index (χ3n) is 11.7. The number of thiophene rings is 1. The molecule has 0 aliphatic heterocycles. The van der Waals surface area contributed by atoms with Crippen molar-refractivity contribution >= 4 is 59.3 Å². The van der Waals surface area contributed by atoms with Gasteiger partial charge in [0.15, 0.2) is 0 Å². The highest BCUT2D eigenvalue weighted by Crippen LogP contribution is 2.42. The van der Waals surface area contributed by atoms with Crippen molar-refractivity contribution in [3.63, 3.8) is 0 Å². The van der Waals surface area contributed by atoms with Crippen molar-refractivity contribution in [1.29, 1.82) is 0 Å². The Labute approximate surface area is 354 Å². The highest BCUT2D eigenvalue weighted by atomic mass is 32.1. The second kappa shape index (κ2) is 15.3. The molecule has 0 saturated heterocycles. The Balaban J connectivity index is 0.916. The van der Waals surface area contributed by atoms with Gasteiger partial charge in [0.05, 0.1) is 0 Å². The predicted octanol–water partition coefficient (Wildman–Crippen LogP) is 17.0. The van der Waals surface area contributed by atoms with Gasteiger partial charge in [-0.1, -0.05) is 176 Å². The molecule has 0 N–H and O–H groups in total. The maximum atomic E-state index is 2.37. The highest BCUT2D eigenvalue weighted by molar-refractivity contribution is 7.25. The molecule has 1 heterocycles. The van der Waals surface area contributed by atoms with Gasteiger partial charge in [-0.15, -0.1) is 11.3 Å². The van der Waals surface area contributed by atoms with Gasteiger partial charge in [0.25, 0.3) is 0 Å². The Morgan fingerprint density at radius 1 is 0.267 bits per heavy atom. The Kier molecular flexibility index (Phi) is 9.11. The maximum absolute atomic E-state index is 2.37. The molecule has 0 fully saturated rings. The van der Waals surface area contributed by atoms with Gasteiger partial charge in [0.1, 0.15) is 0 Å². The number of rotatable bonds is 8. The second-order valence-corrected chi connectivity index (χ2v) is 16.4. The zero-order valence-corrected chi connectivity index (χ0v) is 33.7. The average molecular weight is 782 g/mol. The summed E-state index contributed by atoms with van der Waals surface area (Å²) in [6.07, 6.45) is 0. The molecule has 282 valence electrons. The molecular weight excluding hydrogens is 743 g/mol. The molecule has 60 heavy (non-hydrogen) atoms. The van der Waals surface area contributed by atoms with Gasteiger partial charge in [0.2, 0.25) is 0 Å². The molecule has 0 spiro atoms. The van der Waals surface area contributed by atoms with Crippen LogP contribution in [-0.4, -0.2) is 0 Å². The largest absolute Gasteiger partial charge is 0.310 e. The first-order valence-electron chi connectivity index (χ1n) is 20.5. The van der Waals surface area contributed by atoms with E-state index in [9.17, 15) is 0 Å². The number of hydrogen-bond donors (Lipinski definition) is 0. The number of hydrogen-bond acceptors (Lipinski definition) is 2. The first kappa shape index (κ1) is 35.6. The molecule has 0 atom stereocenters. The van der Waals surface area contributed by atoms with Crippen LogP contribution in [0.5, 0.6) is 0 Å². The van der Waals surface area contributed by atoms with Gasteiger partial charge in [-0.3, -0.25) is 0 Å². The number of benzene rings is 10. The second-order valence-electron chi connectivity index (χ2n) is 15.3. The molecule has 1 aromatic heterocycles. The Morgan fingerprint density at radius 3 is 1.50 bits per heavy atom. The van der Waals surface area contributed by atoms with Crippen LogP contribution in [0.3, 0.4) is 0 Å². The van der Waals surface area contributed by atoms with Crippen molar-refractivity contribution in [2.75, 3.05) is 4.90 Å². The van der Waals surface area contributed by atoms with E-state index in [-0.39, 0.29) is 0 Å². The van der Waals surface area contributed by atoms with Crippen LogP contribution in [0.2, 0.25) is 0 Å². The Morgan fingerprint density at radius 2 is 0.750 bits per heavy atom. The van der Waals surface area contributed by atoms with Gasteiger partial charge in [-0.2, -0.15) is 0 Å². The van der Waals surface area contributed by atoms with Gasteiger partial charge in [-0.05, 0) is 127 Å². The zero-order valence-electron chi connectivity index (χ0n) is 32.9. The molecule has 0 saturated carbocycles. The standard InChI is InChI=1S/C58H39NS/c1-2-11-40(12-3-1)49-17-9-18-53(39-49)59(52-35-31-45(32-36-52)54-20-10-22-57-58(54)55-19-6-7-21-56(55)60-57)51-33-29-43(30-34-51)42-23-25-44(26-24-42)47-15-8-16-48(37-47)50-28-27-41-13-4-5-14-46(41)38-50/h1-39H. The van der Waals surface area contributed by atoms with Crippen LogP contribution in [0.1, 0.15) is 0 Å². The minimum atomic E-state index is 1.10. The van der Waals surface area contributed by atoms with Gasteiger partial charge < -0.3 is 4.90 Å². The molecule has 11 rings (SSSR count). The minimum Gasteiger partial charge on any atom is -0.310 e. The summed E-state index contributed by atoms with van der Waals surface area (Å²) < 4.78 is 2.64. The summed E-state index contributed by atoms with van der Waals surface area (Å²) in [5.41, 5.74) is 15.4. The fraction of sp³-hybridized carbons (Fsp3) is 0. The first-order valence-corrected chi connectivity index (χ1v) is 21.3. The van der Waals surface area contributed by atoms with Gasteiger partial charge in [0, 0.05) is 37.2 Å². The van der Waals surface area contributed by atoms with Crippen molar-refractivity contribution < 1.29 is 0 Å². The summed E-state index contributed by atoms with van der Waals surface area (Å²) in [5, 5.41) is 5.17. The van der Waals surface area contributed by atoms with Crippen molar-refractivity contribution in [1.82, 2.24) is 0 Å². The summed E-state index contributed by atoms with van der Waals surface area (Å²) in [4.78, 5) is 2.37. The monoisotopic (exact) mass is 781 g/mol. The lowest BCUT2D eigenvalue weighted by molar-refractivity contribution is 1.28. The predicted molar refractivity (Wildman–Crippen MR) is 259 cm³/mol. The average Bonchev–Trinajstić information content (AvgIpc) is 3.72. The molecular formula is C58H39NS. The van der Waals surface area contributed by atoms with E-state index in [4.69, 9.17) is 0 Å². The third-order valence-corrected chi connectivity index (χ3v) is 12.8. The van der Waals surface area contributed by atoms with Gasteiger partial charge in [-0.25, -0.2) is 0 Å². The highest BCUT2D eigenvalue weighted by Gasteiger charge is 2.16. The molecule has 11 aromatic rings. The molecule has 0 amide bonds. The molecule has 2 heteroatoms. The maximum Gasteiger partial charge on any atom is 0.0467 e. The summed E-state index contributed by atoms with van der Waals surface area (Å²) in [6, 6.07) is 86.0. The molecule has 0 unspecified atom stereocenters. The zero-order chi connectivity index (χ0) is 39.8. The topological polar surface area (TPSA) is 3.24 Å². The molecule has 1 nitrogen and oxygen atoms in total. The number of anilines is 3. The Bertz CT molecular complexity index is 3290. The van der Waals surface area contributed by atoms with Crippen molar-refractivity contribution in [3.05, 3.63) is 237 Å². The molecule has 0 radical (unpaired) electrons. The molecule has 10 aromatic carbocycles. The summed E-state index contributed by atoms with van der Waals surface area (Å²) >= 11 is 1.86. The normalized spacial score (nSPS) is 11.3. The van der Waals surface area contributed by atoms with Crippen molar-refractivity contribution in [2.45, 2.75) is 0 Å². The fourth-order valence-corrected chi connectivity index (χ4v) is 9.75. The fourth-order valence-electron chi connectivity index (χ4n) is 8.61. The van der Waals surface area contributed by atoms with E-state index in [0.717, 1.165) is 17.1 Å². The summed E-state index contributed by atoms with van der Waals surface area (Å²) in [7, 11) is 0. The van der Waals surface area contributed by atoms with Crippen LogP contribution in [0, 0.1) is 0 Å². The van der Waals surface area contributed by atoms with E-state index in [0.29, 0.717) is 0 Å². The van der Waals surface area contributed by atoms with Crippen LogP contribution in [-0.2, 0) is 0 Å². The number of fused-ring (bicyclic) bond motifs is 4. The Hall–Kier alpha value is -7.52. The van der Waals surface area contributed by atoms with E-state index in [2.05, 4.69) is 241 Å². The van der Waals surface area contributed by atoms with Crippen LogP contribution >= 0.6 is 11.3 Å². The SMILES string of the molecule is c1ccc(-c2cccc(N(c3ccc(-c4ccc(-c5cccc(-c6ccc7ccccc7c6)c5)cc4)cc3)c3ccc(-c4cccc5sc6ccccc6c45)cc3)c2)cc1. The molecule has 0 aliphatic rings. The third kappa shape index (κ3) is 6.73. The van der Waals surface area contributed by atoms with Crippen LogP contribution in [0.15, 0.2) is 237 Å². The van der Waals surface area contributed by atoms with Crippen molar-refractivity contribution in [2.24, 2.45) is 0 Å². The lowest BCUT2D eigenvalue weighted by Crippen LogP contribution is -2.10. The number of nitrogens with zero attached hydrogens (tertiary/aromatic N) is 1. The lowest BCUT2D eigenvalue weighted by atomic mass is 9.96. The molecule has 0 aliphatic carbocycles.